The Bertz CT molecular complexity index is 822. The second-order valence-corrected chi connectivity index (χ2v) is 9.03. The van der Waals surface area contributed by atoms with Crippen molar-refractivity contribution < 1.29 is 5.11 Å². The molecule has 4 aliphatic rings. The summed E-state index contributed by atoms with van der Waals surface area (Å²) in [5, 5.41) is 13.8. The van der Waals surface area contributed by atoms with Gasteiger partial charge in [-0.1, -0.05) is 29.8 Å². The van der Waals surface area contributed by atoms with Gasteiger partial charge in [0.1, 0.15) is 0 Å². The summed E-state index contributed by atoms with van der Waals surface area (Å²) in [6.07, 6.45) is 4.84. The van der Waals surface area contributed by atoms with Crippen molar-refractivity contribution in [3.05, 3.63) is 52.8 Å². The highest BCUT2D eigenvalue weighted by Gasteiger charge is 2.53. The molecule has 2 aromatic rings. The molecular weight excluding hydrogens is 348 g/mol. The summed E-state index contributed by atoms with van der Waals surface area (Å²) in [5.74, 6) is 1.43. The first-order chi connectivity index (χ1) is 13.6. The van der Waals surface area contributed by atoms with Crippen molar-refractivity contribution in [1.82, 2.24) is 19.6 Å². The van der Waals surface area contributed by atoms with Gasteiger partial charge >= 0.3 is 0 Å². The molecule has 0 aliphatic carbocycles. The van der Waals surface area contributed by atoms with Crippen molar-refractivity contribution in [3.63, 3.8) is 0 Å². The third kappa shape index (κ3) is 3.10. The van der Waals surface area contributed by atoms with E-state index in [9.17, 15) is 5.11 Å². The maximum absolute atomic E-state index is 9.23. The van der Waals surface area contributed by atoms with E-state index in [0.717, 1.165) is 24.7 Å². The van der Waals surface area contributed by atoms with Crippen LogP contribution in [0.15, 0.2) is 30.5 Å². The highest BCUT2D eigenvalue weighted by Crippen LogP contribution is 2.47. The summed E-state index contributed by atoms with van der Waals surface area (Å²) in [4.78, 5) is 5.52. The number of hydrogen-bond donors (Lipinski definition) is 1. The van der Waals surface area contributed by atoms with Crippen LogP contribution >= 0.6 is 0 Å². The number of benzene rings is 1. The molecule has 0 saturated carbocycles. The van der Waals surface area contributed by atoms with Crippen molar-refractivity contribution >= 4 is 0 Å². The van der Waals surface area contributed by atoms with Crippen molar-refractivity contribution in [2.24, 2.45) is 5.92 Å². The van der Waals surface area contributed by atoms with E-state index < -0.39 is 0 Å². The number of hydrogen-bond acceptors (Lipinski definition) is 4. The summed E-state index contributed by atoms with van der Waals surface area (Å²) >= 11 is 0. The van der Waals surface area contributed by atoms with E-state index in [-0.39, 0.29) is 6.61 Å². The molecule has 0 amide bonds. The van der Waals surface area contributed by atoms with E-state index in [4.69, 9.17) is 0 Å². The number of nitrogens with zero attached hydrogens (tertiary/aromatic N) is 4. The van der Waals surface area contributed by atoms with Crippen LogP contribution in [0, 0.1) is 19.8 Å². The molecule has 0 radical (unpaired) electrons. The maximum Gasteiger partial charge on any atom is 0.0641 e. The number of likely N-dealkylation sites (tertiary alicyclic amines) is 1. The number of aliphatic hydroxyl groups is 1. The molecule has 2 bridgehead atoms. The van der Waals surface area contributed by atoms with Gasteiger partial charge < -0.3 is 5.11 Å². The molecular formula is C23H32N4O. The average molecular weight is 381 g/mol. The molecule has 1 aromatic carbocycles. The number of aromatic nitrogens is 2. The number of aryl methyl sites for hydroxylation is 2. The van der Waals surface area contributed by atoms with Gasteiger partial charge in [-0.2, -0.15) is 5.10 Å². The second kappa shape index (κ2) is 7.29. The molecule has 4 saturated heterocycles. The van der Waals surface area contributed by atoms with Gasteiger partial charge in [0, 0.05) is 42.9 Å². The van der Waals surface area contributed by atoms with E-state index in [1.54, 1.807) is 0 Å². The van der Waals surface area contributed by atoms with Crippen molar-refractivity contribution in [3.8, 4) is 0 Å². The Labute approximate surface area is 168 Å². The molecule has 28 heavy (non-hydrogen) atoms. The lowest BCUT2D eigenvalue weighted by Crippen LogP contribution is -2.59. The van der Waals surface area contributed by atoms with Crippen LogP contribution in [0.3, 0.4) is 0 Å². The van der Waals surface area contributed by atoms with E-state index >= 15 is 0 Å². The van der Waals surface area contributed by atoms with Gasteiger partial charge in [-0.05, 0) is 51.3 Å². The Morgan fingerprint density at radius 3 is 2.54 bits per heavy atom. The molecule has 0 spiro atoms. The van der Waals surface area contributed by atoms with Crippen LogP contribution in [-0.4, -0.2) is 63.0 Å². The molecule has 4 aliphatic heterocycles. The minimum Gasteiger partial charge on any atom is -0.394 e. The highest BCUT2D eigenvalue weighted by atomic mass is 16.3. The fourth-order valence-electron chi connectivity index (χ4n) is 5.98. The van der Waals surface area contributed by atoms with Crippen LogP contribution < -0.4 is 0 Å². The Morgan fingerprint density at radius 2 is 1.82 bits per heavy atom. The molecule has 150 valence electrons. The highest BCUT2D eigenvalue weighted by molar-refractivity contribution is 5.30. The molecule has 5 heterocycles. The third-order valence-corrected chi connectivity index (χ3v) is 7.35. The van der Waals surface area contributed by atoms with Crippen molar-refractivity contribution in [2.75, 3.05) is 26.2 Å². The number of aliphatic hydroxyl groups excluding tert-OH is 1. The monoisotopic (exact) mass is 380 g/mol. The molecule has 5 heteroatoms. The van der Waals surface area contributed by atoms with E-state index in [0.29, 0.717) is 24.5 Å². The fourth-order valence-corrected chi connectivity index (χ4v) is 5.98. The Kier molecular flexibility index (Phi) is 4.77. The standard InChI is InChI=1S/C23H32N4O/c1-16-3-5-18(6-4-16)21-15-26(13-20-14-27(11-12-28)24-17(20)2)22-19-7-9-25(10-8-19)23(21)22/h3-6,14,19,21-23,28H,7-13,15H2,1-2H3/t21-,22-,23-/m1/s1. The molecule has 4 fully saturated rings. The number of piperidine rings is 3. The maximum atomic E-state index is 9.23. The summed E-state index contributed by atoms with van der Waals surface area (Å²) in [5.41, 5.74) is 5.26. The van der Waals surface area contributed by atoms with Crippen LogP contribution in [0.4, 0.5) is 0 Å². The largest absolute Gasteiger partial charge is 0.394 e. The zero-order chi connectivity index (χ0) is 19.3. The molecule has 6 rings (SSSR count). The van der Waals surface area contributed by atoms with Gasteiger partial charge in [0.05, 0.1) is 18.8 Å². The Balaban J connectivity index is 1.44. The zero-order valence-corrected chi connectivity index (χ0v) is 17.1. The van der Waals surface area contributed by atoms with E-state index in [2.05, 4.69) is 59.2 Å². The minimum atomic E-state index is 0.140. The first-order valence-corrected chi connectivity index (χ1v) is 10.8. The van der Waals surface area contributed by atoms with E-state index in [1.165, 1.54) is 42.6 Å². The van der Waals surface area contributed by atoms with Gasteiger partial charge in [-0.15, -0.1) is 0 Å². The summed E-state index contributed by atoms with van der Waals surface area (Å²) < 4.78 is 1.90. The molecule has 3 atom stereocenters. The molecule has 1 aromatic heterocycles. The predicted molar refractivity (Wildman–Crippen MR) is 110 cm³/mol. The smallest absolute Gasteiger partial charge is 0.0641 e. The van der Waals surface area contributed by atoms with Gasteiger partial charge in [0.15, 0.2) is 0 Å². The zero-order valence-electron chi connectivity index (χ0n) is 17.1. The quantitative estimate of drug-likeness (QED) is 0.866. The summed E-state index contributed by atoms with van der Waals surface area (Å²) in [6.45, 7) is 9.65. The Hall–Kier alpha value is -1.69. The van der Waals surface area contributed by atoms with Gasteiger partial charge in [0.2, 0.25) is 0 Å². The minimum absolute atomic E-state index is 0.140. The van der Waals surface area contributed by atoms with Crippen LogP contribution in [0.1, 0.15) is 41.1 Å². The van der Waals surface area contributed by atoms with Crippen LogP contribution in [0.2, 0.25) is 0 Å². The Morgan fingerprint density at radius 1 is 1.07 bits per heavy atom. The van der Waals surface area contributed by atoms with Crippen LogP contribution in [0.5, 0.6) is 0 Å². The van der Waals surface area contributed by atoms with Crippen molar-refractivity contribution in [1.29, 1.82) is 0 Å². The molecule has 5 nitrogen and oxygen atoms in total. The first kappa shape index (κ1) is 18.3. The average Bonchev–Trinajstić information content (AvgIpc) is 3.26. The molecule has 1 N–H and O–H groups in total. The number of rotatable bonds is 5. The van der Waals surface area contributed by atoms with Gasteiger partial charge in [0.25, 0.3) is 0 Å². The summed E-state index contributed by atoms with van der Waals surface area (Å²) in [6, 6.07) is 10.6. The third-order valence-electron chi connectivity index (χ3n) is 7.35. The fraction of sp³-hybridized carbons (Fsp3) is 0.609. The lowest BCUT2D eigenvalue weighted by atomic mass is 9.75. The normalized spacial score (nSPS) is 32.0. The van der Waals surface area contributed by atoms with Gasteiger partial charge in [-0.25, -0.2) is 0 Å². The topological polar surface area (TPSA) is 44.5 Å². The second-order valence-electron chi connectivity index (χ2n) is 9.03. The predicted octanol–water partition coefficient (Wildman–Crippen LogP) is 2.55. The van der Waals surface area contributed by atoms with Crippen molar-refractivity contribution in [2.45, 2.75) is 57.8 Å². The van der Waals surface area contributed by atoms with Crippen LogP contribution in [0.25, 0.3) is 0 Å². The lowest BCUT2D eigenvalue weighted by Gasteiger charge is -2.51. The van der Waals surface area contributed by atoms with Gasteiger partial charge in [-0.3, -0.25) is 14.5 Å². The molecule has 0 unspecified atom stereocenters. The lowest BCUT2D eigenvalue weighted by molar-refractivity contribution is -0.00873. The summed E-state index contributed by atoms with van der Waals surface area (Å²) in [7, 11) is 0. The van der Waals surface area contributed by atoms with Crippen LogP contribution in [-0.2, 0) is 13.1 Å². The SMILES string of the molecule is Cc1ccc([C@H]2CN(Cc3cn(CCO)nc3C)[C@@H]3C4CCN(CC4)[C@H]23)cc1. The first-order valence-electron chi connectivity index (χ1n) is 10.8. The van der Waals surface area contributed by atoms with E-state index in [1.807, 2.05) is 4.68 Å². The number of fused-ring (bicyclic) bond motifs is 2.